The molecule has 0 heterocycles. The molecule has 1 unspecified atom stereocenters. The highest BCUT2D eigenvalue weighted by atomic mass is 16.7. The van der Waals surface area contributed by atoms with Crippen molar-refractivity contribution in [2.45, 2.75) is 74.1 Å². The summed E-state index contributed by atoms with van der Waals surface area (Å²) in [6.07, 6.45) is 2.06. The molecule has 2 amide bonds. The van der Waals surface area contributed by atoms with Crippen LogP contribution in [0.3, 0.4) is 0 Å². The number of amides is 2. The Morgan fingerprint density at radius 2 is 1.44 bits per heavy atom. The van der Waals surface area contributed by atoms with E-state index in [0.717, 1.165) is 37.1 Å². The Morgan fingerprint density at radius 1 is 0.963 bits per heavy atom. The van der Waals surface area contributed by atoms with Gasteiger partial charge in [-0.2, -0.15) is 0 Å². The third kappa shape index (κ3) is 13.7. The fraction of sp³-hybridized carbons (Fsp3) is 0.789. The molecule has 0 saturated carbocycles. The second-order valence-corrected chi connectivity index (χ2v) is 7.65. The number of nitrogens with zero attached hydrogens (tertiary/aromatic N) is 2. The van der Waals surface area contributed by atoms with Crippen molar-refractivity contribution in [1.29, 1.82) is 0 Å². The molecule has 0 aromatic heterocycles. The molecule has 156 valence electrons. The van der Waals surface area contributed by atoms with Crippen LogP contribution in [0.15, 0.2) is 10.3 Å². The smallest absolute Gasteiger partial charge is 0.320 e. The first-order valence-corrected chi connectivity index (χ1v) is 9.56. The van der Waals surface area contributed by atoms with Crippen molar-refractivity contribution in [3.63, 3.8) is 0 Å². The summed E-state index contributed by atoms with van der Waals surface area (Å²) in [7, 11) is 0. The van der Waals surface area contributed by atoms with Gasteiger partial charge in [0.2, 0.25) is 0 Å². The van der Waals surface area contributed by atoms with E-state index in [9.17, 15) is 9.59 Å². The van der Waals surface area contributed by atoms with Gasteiger partial charge in [-0.25, -0.2) is 9.59 Å². The summed E-state index contributed by atoms with van der Waals surface area (Å²) in [6, 6.07) is 0. The maximum Gasteiger partial charge on any atom is 0.433 e. The number of nitrogens with one attached hydrogen (secondary N) is 2. The molecular weight excluding hydrogens is 348 g/mol. The van der Waals surface area contributed by atoms with E-state index in [0.29, 0.717) is 13.1 Å². The molecule has 0 aliphatic heterocycles. The summed E-state index contributed by atoms with van der Waals surface area (Å²) in [6.45, 7) is 14.8. The maximum atomic E-state index is 11.6. The van der Waals surface area contributed by atoms with E-state index in [1.54, 1.807) is 13.8 Å². The normalized spacial score (nSPS) is 13.7. The summed E-state index contributed by atoms with van der Waals surface area (Å²) in [5.41, 5.74) is 1.53. The lowest BCUT2D eigenvalue weighted by Gasteiger charge is -2.28. The van der Waals surface area contributed by atoms with Gasteiger partial charge in [0.25, 0.3) is 0 Å². The summed E-state index contributed by atoms with van der Waals surface area (Å²) >= 11 is 0. The van der Waals surface area contributed by atoms with E-state index in [1.807, 2.05) is 13.8 Å². The molecule has 0 fully saturated rings. The second-order valence-electron chi connectivity index (χ2n) is 7.65. The average molecular weight is 385 g/mol. The molecule has 0 aromatic rings. The summed E-state index contributed by atoms with van der Waals surface area (Å²) in [5, 5.41) is 12.9. The Morgan fingerprint density at radius 3 is 1.93 bits per heavy atom. The molecule has 27 heavy (non-hydrogen) atoms. The van der Waals surface area contributed by atoms with Gasteiger partial charge < -0.3 is 10.6 Å². The first-order chi connectivity index (χ1) is 12.6. The van der Waals surface area contributed by atoms with Gasteiger partial charge >= 0.3 is 12.2 Å². The Labute approximate surface area is 163 Å². The summed E-state index contributed by atoms with van der Waals surface area (Å²) < 4.78 is 0. The molecule has 0 radical (unpaired) electrons. The molecule has 8 nitrogen and oxygen atoms in total. The van der Waals surface area contributed by atoms with E-state index in [-0.39, 0.29) is 11.3 Å². The standard InChI is InChI=1S/C19H36N4O4/c1-8-15(4)22-26-17(24)20-11-10-19(6,7)12-14(3)13-21-18(25)27-23-16(5)9-2/h14H,8-13H2,1-7H3,(H,20,24)(H,21,25)/b22-15-,23-16+. The Hall–Kier alpha value is -2.12. The number of carbonyl (C=O) groups excluding carboxylic acids is 2. The van der Waals surface area contributed by atoms with Crippen molar-refractivity contribution >= 4 is 23.6 Å². The van der Waals surface area contributed by atoms with Crippen LogP contribution in [0.1, 0.15) is 74.1 Å². The predicted octanol–water partition coefficient (Wildman–Crippen LogP) is 4.45. The van der Waals surface area contributed by atoms with Gasteiger partial charge in [0.1, 0.15) is 0 Å². The van der Waals surface area contributed by atoms with E-state index in [2.05, 4.69) is 41.7 Å². The Kier molecular flexibility index (Phi) is 12.1. The maximum absolute atomic E-state index is 11.6. The lowest BCUT2D eigenvalue weighted by molar-refractivity contribution is 0.144. The third-order valence-corrected chi connectivity index (χ3v) is 4.16. The Bertz CT molecular complexity index is 530. The first kappa shape index (κ1) is 24.9. The monoisotopic (exact) mass is 384 g/mol. The van der Waals surface area contributed by atoms with Crippen LogP contribution < -0.4 is 10.6 Å². The fourth-order valence-electron chi connectivity index (χ4n) is 2.31. The number of hydrogen-bond donors (Lipinski definition) is 2. The quantitative estimate of drug-likeness (QED) is 0.312. The van der Waals surface area contributed by atoms with Crippen LogP contribution in [0, 0.1) is 11.3 Å². The summed E-state index contributed by atoms with van der Waals surface area (Å²) in [5.74, 6) is 0.257. The van der Waals surface area contributed by atoms with Crippen LogP contribution in [-0.4, -0.2) is 36.7 Å². The highest BCUT2D eigenvalue weighted by molar-refractivity contribution is 5.82. The molecule has 2 N–H and O–H groups in total. The van der Waals surface area contributed by atoms with Crippen LogP contribution in [0.4, 0.5) is 9.59 Å². The average Bonchev–Trinajstić information content (AvgIpc) is 2.61. The largest absolute Gasteiger partial charge is 0.433 e. The number of oxime groups is 2. The lowest BCUT2D eigenvalue weighted by Crippen LogP contribution is -2.32. The van der Waals surface area contributed by atoms with Crippen LogP contribution in [0.25, 0.3) is 0 Å². The van der Waals surface area contributed by atoms with Crippen molar-refractivity contribution in [2.24, 2.45) is 21.6 Å². The molecule has 0 rings (SSSR count). The predicted molar refractivity (Wildman–Crippen MR) is 108 cm³/mol. The molecule has 8 heteroatoms. The van der Waals surface area contributed by atoms with E-state index in [1.165, 1.54) is 0 Å². The van der Waals surface area contributed by atoms with Gasteiger partial charge in [0.05, 0.1) is 11.4 Å². The molecule has 0 bridgehead atoms. The minimum atomic E-state index is -0.543. The first-order valence-electron chi connectivity index (χ1n) is 9.56. The zero-order valence-electron chi connectivity index (χ0n) is 17.8. The third-order valence-electron chi connectivity index (χ3n) is 4.16. The SMILES string of the molecule is CC/C(C)=N\OC(=O)NCCC(C)(C)CC(C)CNC(=O)O/N=C(\C)CC. The molecule has 1 atom stereocenters. The number of rotatable bonds is 11. The molecule has 0 spiro atoms. The number of carbonyl (C=O) groups is 2. The molecule has 0 aliphatic carbocycles. The highest BCUT2D eigenvalue weighted by Crippen LogP contribution is 2.28. The van der Waals surface area contributed by atoms with Gasteiger partial charge in [-0.3, -0.25) is 9.68 Å². The van der Waals surface area contributed by atoms with E-state index in [4.69, 9.17) is 9.68 Å². The van der Waals surface area contributed by atoms with Gasteiger partial charge in [-0.15, -0.1) is 0 Å². The van der Waals surface area contributed by atoms with Crippen molar-refractivity contribution in [3.05, 3.63) is 0 Å². The molecule has 0 aliphatic rings. The van der Waals surface area contributed by atoms with Crippen LogP contribution >= 0.6 is 0 Å². The van der Waals surface area contributed by atoms with Crippen molar-refractivity contribution in [2.75, 3.05) is 13.1 Å². The van der Waals surface area contributed by atoms with Crippen LogP contribution in [-0.2, 0) is 9.68 Å². The molecule has 0 aromatic carbocycles. The minimum absolute atomic E-state index is 0.00215. The summed E-state index contributed by atoms with van der Waals surface area (Å²) in [4.78, 5) is 32.7. The second kappa shape index (κ2) is 13.1. The van der Waals surface area contributed by atoms with Gasteiger partial charge in [-0.05, 0) is 50.9 Å². The minimum Gasteiger partial charge on any atom is -0.320 e. The fourth-order valence-corrected chi connectivity index (χ4v) is 2.31. The van der Waals surface area contributed by atoms with Crippen LogP contribution in [0.5, 0.6) is 0 Å². The van der Waals surface area contributed by atoms with Gasteiger partial charge in [-0.1, -0.05) is 44.9 Å². The zero-order chi connectivity index (χ0) is 20.9. The molecule has 0 saturated heterocycles. The van der Waals surface area contributed by atoms with E-state index < -0.39 is 12.2 Å². The van der Waals surface area contributed by atoms with Gasteiger partial charge in [0.15, 0.2) is 0 Å². The Balaban J connectivity index is 4.12. The van der Waals surface area contributed by atoms with Crippen molar-refractivity contribution in [1.82, 2.24) is 10.6 Å². The zero-order valence-corrected chi connectivity index (χ0v) is 17.8. The van der Waals surface area contributed by atoms with E-state index >= 15 is 0 Å². The molecular formula is C19H36N4O4. The topological polar surface area (TPSA) is 101 Å². The van der Waals surface area contributed by atoms with Crippen LogP contribution in [0.2, 0.25) is 0 Å². The van der Waals surface area contributed by atoms with Crippen molar-refractivity contribution in [3.8, 4) is 0 Å². The van der Waals surface area contributed by atoms with Crippen molar-refractivity contribution < 1.29 is 19.3 Å². The van der Waals surface area contributed by atoms with Gasteiger partial charge in [0, 0.05) is 13.1 Å². The lowest BCUT2D eigenvalue weighted by atomic mass is 9.80. The number of hydrogen-bond acceptors (Lipinski definition) is 6. The highest BCUT2D eigenvalue weighted by Gasteiger charge is 2.22.